The molecule has 10 heteroatoms. The molecule has 0 saturated carbocycles. The van der Waals surface area contributed by atoms with E-state index >= 15 is 0 Å². The van der Waals surface area contributed by atoms with Crippen molar-refractivity contribution < 1.29 is 24.3 Å². The van der Waals surface area contributed by atoms with Crippen LogP contribution in [-0.2, 0) is 14.1 Å². The van der Waals surface area contributed by atoms with Gasteiger partial charge in [0, 0.05) is 36.7 Å². The Morgan fingerprint density at radius 3 is 2.55 bits per heavy atom. The number of nitrogens with zero attached hydrogens (tertiary/aromatic N) is 3. The second-order valence-electron chi connectivity index (χ2n) is 9.37. The van der Waals surface area contributed by atoms with Crippen LogP contribution in [0.4, 0.5) is 0 Å². The molecule has 8 nitrogen and oxygen atoms in total. The Bertz CT molecular complexity index is 733. The molecule has 2 atom stereocenters. The Morgan fingerprint density at radius 2 is 1.94 bits per heavy atom. The quantitative estimate of drug-likeness (QED) is 0.263. The zero-order valence-electron chi connectivity index (χ0n) is 18.9. The van der Waals surface area contributed by atoms with E-state index in [1.165, 1.54) is 0 Å². The van der Waals surface area contributed by atoms with Crippen molar-refractivity contribution in [1.82, 2.24) is 14.9 Å². The summed E-state index contributed by atoms with van der Waals surface area (Å²) in [4.78, 5) is 22.7. The van der Waals surface area contributed by atoms with Gasteiger partial charge in [-0.1, -0.05) is 11.8 Å². The largest absolute Gasteiger partial charge is 0.498 e. The van der Waals surface area contributed by atoms with Crippen LogP contribution >= 0.6 is 11.8 Å². The number of aliphatic hydroxyl groups excluding tert-OH is 2. The Kier molecular flexibility index (Phi) is 8.02. The van der Waals surface area contributed by atoms with Gasteiger partial charge in [0.1, 0.15) is 0 Å². The first-order valence-electron chi connectivity index (χ1n) is 11.0. The Hall–Kier alpha value is -1.20. The third-order valence-corrected chi connectivity index (χ3v) is 7.41. The van der Waals surface area contributed by atoms with E-state index in [2.05, 4.69) is 9.97 Å². The van der Waals surface area contributed by atoms with Crippen molar-refractivity contribution >= 4 is 30.3 Å². The lowest BCUT2D eigenvalue weighted by molar-refractivity contribution is -0.144. The summed E-state index contributed by atoms with van der Waals surface area (Å²) in [6.07, 6.45) is 6.28. The molecule has 1 aromatic heterocycles. The van der Waals surface area contributed by atoms with E-state index in [0.717, 1.165) is 42.1 Å². The fraction of sp³-hybridized carbons (Fsp3) is 0.762. The lowest BCUT2D eigenvalue weighted by Gasteiger charge is -2.33. The van der Waals surface area contributed by atoms with Crippen molar-refractivity contribution in [3.8, 4) is 0 Å². The van der Waals surface area contributed by atoms with Gasteiger partial charge in [0.15, 0.2) is 11.3 Å². The second kappa shape index (κ2) is 10.2. The third kappa shape index (κ3) is 5.99. The maximum absolute atomic E-state index is 12.1. The fourth-order valence-corrected chi connectivity index (χ4v) is 4.57. The van der Waals surface area contributed by atoms with Crippen molar-refractivity contribution in [3.63, 3.8) is 0 Å². The minimum absolute atomic E-state index is 0.364. The average molecular weight is 451 g/mol. The summed E-state index contributed by atoms with van der Waals surface area (Å²) in [5, 5.41) is 19.3. The highest BCUT2D eigenvalue weighted by Gasteiger charge is 2.51. The fourth-order valence-electron chi connectivity index (χ4n) is 3.83. The molecule has 172 valence electrons. The molecule has 0 unspecified atom stereocenters. The molecule has 1 amide bonds. The molecule has 2 fully saturated rings. The van der Waals surface area contributed by atoms with Gasteiger partial charge in [-0.3, -0.25) is 4.79 Å². The van der Waals surface area contributed by atoms with Crippen molar-refractivity contribution in [3.05, 3.63) is 12.4 Å². The summed E-state index contributed by atoms with van der Waals surface area (Å²) >= 11 is 1.62. The van der Waals surface area contributed by atoms with Gasteiger partial charge in [-0.15, -0.1) is 0 Å². The van der Waals surface area contributed by atoms with E-state index in [0.29, 0.717) is 19.0 Å². The molecule has 0 radical (unpaired) electrons. The molecule has 3 heterocycles. The summed E-state index contributed by atoms with van der Waals surface area (Å²) in [5.41, 5.74) is 0.0429. The van der Waals surface area contributed by atoms with Crippen molar-refractivity contribution in [2.45, 2.75) is 75.8 Å². The number of rotatable bonds is 8. The maximum atomic E-state index is 12.1. The normalized spacial score (nSPS) is 23.7. The predicted molar refractivity (Wildman–Crippen MR) is 120 cm³/mol. The van der Waals surface area contributed by atoms with Crippen LogP contribution in [0.1, 0.15) is 53.4 Å². The smallest absolute Gasteiger partial charge is 0.399 e. The van der Waals surface area contributed by atoms with Gasteiger partial charge in [0.25, 0.3) is 5.91 Å². The van der Waals surface area contributed by atoms with Crippen LogP contribution in [0.5, 0.6) is 0 Å². The predicted octanol–water partition coefficient (Wildman–Crippen LogP) is 1.24. The van der Waals surface area contributed by atoms with Crippen LogP contribution in [-0.4, -0.2) is 80.9 Å². The van der Waals surface area contributed by atoms with Crippen LogP contribution in [0, 0.1) is 5.92 Å². The summed E-state index contributed by atoms with van der Waals surface area (Å²) in [6.45, 7) is 8.87. The first-order valence-corrected chi connectivity index (χ1v) is 12.0. The Morgan fingerprint density at radius 1 is 1.29 bits per heavy atom. The van der Waals surface area contributed by atoms with Gasteiger partial charge in [0.2, 0.25) is 0 Å². The number of aromatic nitrogens is 2. The molecule has 2 N–H and O–H groups in total. The SMILES string of the molecule is CC1(C)OB(c2cnc(SCCC[C@H]3CCCN(C(=O)[C@@H](O)CO)C3)nc2)OC1(C)C. The van der Waals surface area contributed by atoms with Crippen LogP contribution in [0.2, 0.25) is 0 Å². The number of likely N-dealkylation sites (tertiary alicyclic amines) is 1. The Balaban J connectivity index is 1.41. The number of amides is 1. The van der Waals surface area contributed by atoms with Gasteiger partial charge < -0.3 is 24.4 Å². The number of hydrogen-bond acceptors (Lipinski definition) is 8. The molecule has 2 aliphatic rings. The van der Waals surface area contributed by atoms with E-state index < -0.39 is 19.8 Å². The molecule has 0 bridgehead atoms. The van der Waals surface area contributed by atoms with Crippen LogP contribution in [0.25, 0.3) is 0 Å². The van der Waals surface area contributed by atoms with Gasteiger partial charge in [-0.05, 0) is 59.3 Å². The minimum atomic E-state index is -1.30. The van der Waals surface area contributed by atoms with E-state index in [9.17, 15) is 9.90 Å². The highest BCUT2D eigenvalue weighted by atomic mass is 32.2. The number of hydrogen-bond donors (Lipinski definition) is 2. The van der Waals surface area contributed by atoms with Crippen molar-refractivity contribution in [2.24, 2.45) is 5.92 Å². The summed E-state index contributed by atoms with van der Waals surface area (Å²) in [7, 11) is -0.453. The molecule has 0 spiro atoms. The van der Waals surface area contributed by atoms with E-state index in [1.54, 1.807) is 29.1 Å². The standard InChI is InChI=1S/C21H34BN3O5S/c1-20(2)21(3,4)30-22(29-20)16-11-23-19(24-12-16)31-10-6-8-15-7-5-9-25(13-15)18(28)17(27)14-26/h11-12,15,17,26-27H,5-10,13-14H2,1-4H3/t15-,17+/m1/s1. The molecular weight excluding hydrogens is 417 g/mol. The summed E-state index contributed by atoms with van der Waals surface area (Å²) in [5.74, 6) is 0.965. The molecular formula is C21H34BN3O5S. The van der Waals surface area contributed by atoms with E-state index in [4.69, 9.17) is 14.4 Å². The third-order valence-electron chi connectivity index (χ3n) is 6.45. The first kappa shape index (κ1) is 24.4. The van der Waals surface area contributed by atoms with Gasteiger partial charge in [0.05, 0.1) is 17.8 Å². The van der Waals surface area contributed by atoms with Crippen molar-refractivity contribution in [1.29, 1.82) is 0 Å². The minimum Gasteiger partial charge on any atom is -0.399 e. The molecule has 3 rings (SSSR count). The highest BCUT2D eigenvalue weighted by molar-refractivity contribution is 7.99. The highest BCUT2D eigenvalue weighted by Crippen LogP contribution is 2.36. The van der Waals surface area contributed by atoms with Gasteiger partial charge >= 0.3 is 7.12 Å². The molecule has 1 aromatic rings. The summed E-state index contributed by atoms with van der Waals surface area (Å²) < 4.78 is 12.1. The van der Waals surface area contributed by atoms with Crippen LogP contribution in [0.3, 0.4) is 0 Å². The number of piperidine rings is 1. The Labute approximate surface area is 189 Å². The van der Waals surface area contributed by atoms with Crippen LogP contribution < -0.4 is 5.46 Å². The lowest BCUT2D eigenvalue weighted by atomic mass is 9.81. The topological polar surface area (TPSA) is 105 Å². The molecule has 0 aromatic carbocycles. The molecule has 0 aliphatic carbocycles. The monoisotopic (exact) mass is 451 g/mol. The second-order valence-corrected chi connectivity index (χ2v) is 10.4. The average Bonchev–Trinajstić information content (AvgIpc) is 2.97. The first-order chi connectivity index (χ1) is 14.6. The number of carbonyl (C=O) groups is 1. The molecule has 2 saturated heterocycles. The molecule has 2 aliphatic heterocycles. The number of aliphatic hydroxyl groups is 2. The van der Waals surface area contributed by atoms with Crippen molar-refractivity contribution in [2.75, 3.05) is 25.4 Å². The zero-order valence-corrected chi connectivity index (χ0v) is 19.7. The lowest BCUT2D eigenvalue weighted by Crippen LogP contribution is -2.46. The van der Waals surface area contributed by atoms with Crippen LogP contribution in [0.15, 0.2) is 17.6 Å². The number of carbonyl (C=O) groups excluding carboxylic acids is 1. The maximum Gasteiger partial charge on any atom is 0.498 e. The van der Waals surface area contributed by atoms with E-state index in [1.807, 2.05) is 27.7 Å². The van der Waals surface area contributed by atoms with Gasteiger partial charge in [-0.2, -0.15) is 0 Å². The molecule has 31 heavy (non-hydrogen) atoms. The van der Waals surface area contributed by atoms with E-state index in [-0.39, 0.29) is 17.1 Å². The summed E-state index contributed by atoms with van der Waals surface area (Å²) in [6, 6.07) is 0. The number of thioether (sulfide) groups is 1. The zero-order chi connectivity index (χ0) is 22.6. The van der Waals surface area contributed by atoms with Gasteiger partial charge in [-0.25, -0.2) is 9.97 Å².